The second-order valence-corrected chi connectivity index (χ2v) is 9.95. The lowest BCUT2D eigenvalue weighted by Gasteiger charge is -2.27. The Hall–Kier alpha value is -2.76. The first-order valence-electron chi connectivity index (χ1n) is 8.98. The summed E-state index contributed by atoms with van der Waals surface area (Å²) in [6, 6.07) is 44.0. The van der Waals surface area contributed by atoms with E-state index in [0.717, 1.165) is 6.16 Å². The van der Waals surface area contributed by atoms with Crippen LogP contribution in [0.1, 0.15) is 5.56 Å². The van der Waals surface area contributed by atoms with Gasteiger partial charge in [0.25, 0.3) is 0 Å². The van der Waals surface area contributed by atoms with Crippen molar-refractivity contribution >= 4 is 23.2 Å². The van der Waals surface area contributed by atoms with E-state index in [-0.39, 0.29) is 4.70 Å². The number of benzene rings is 4. The van der Waals surface area contributed by atoms with Gasteiger partial charge in [0.1, 0.15) is 23.2 Å². The smallest absolute Gasteiger partial charge is 0.116 e. The number of hydrogen-bond acceptors (Lipinski definition) is 0. The number of hydrogen-bond donors (Lipinski definition) is 0. The maximum atomic E-state index is 2.30. The standard InChI is InChI=1S/C25H22P.FH/c1-5-13-22(14-6-1)21-26(23-15-7-2-8-16-23,24-17-9-3-10-18-24)25-19-11-4-12-20-25;/h1-20H,21H2;1H/q+1;. The molecule has 0 unspecified atom stereocenters. The summed E-state index contributed by atoms with van der Waals surface area (Å²) < 4.78 is 0. The van der Waals surface area contributed by atoms with Gasteiger partial charge in [-0.3, -0.25) is 4.70 Å². The minimum Gasteiger partial charge on any atom is -0.269 e. The van der Waals surface area contributed by atoms with Gasteiger partial charge in [0.15, 0.2) is 0 Å². The lowest BCUT2D eigenvalue weighted by atomic mass is 10.2. The number of halogens is 1. The third kappa shape index (κ3) is 3.84. The molecule has 0 saturated heterocycles. The summed E-state index contributed by atoms with van der Waals surface area (Å²) in [6.07, 6.45) is 1.03. The fraction of sp³-hybridized carbons (Fsp3) is 0.0400. The highest BCUT2D eigenvalue weighted by Gasteiger charge is 2.45. The number of rotatable bonds is 5. The first-order valence-corrected chi connectivity index (χ1v) is 11.0. The summed E-state index contributed by atoms with van der Waals surface area (Å²) in [6.45, 7) is 0. The molecule has 27 heavy (non-hydrogen) atoms. The van der Waals surface area contributed by atoms with Crippen molar-refractivity contribution in [1.82, 2.24) is 0 Å². The molecule has 134 valence electrons. The van der Waals surface area contributed by atoms with Crippen molar-refractivity contribution in [1.29, 1.82) is 0 Å². The summed E-state index contributed by atoms with van der Waals surface area (Å²) in [5.74, 6) is 0. The van der Waals surface area contributed by atoms with E-state index in [1.165, 1.54) is 21.5 Å². The Bertz CT molecular complexity index is 842. The molecule has 0 bridgehead atoms. The summed E-state index contributed by atoms with van der Waals surface area (Å²) in [5.41, 5.74) is 1.39. The van der Waals surface area contributed by atoms with E-state index >= 15 is 0 Å². The molecule has 0 aliphatic carbocycles. The molecule has 4 rings (SSSR count). The molecule has 0 aliphatic heterocycles. The van der Waals surface area contributed by atoms with Gasteiger partial charge in [0, 0.05) is 0 Å². The molecule has 0 radical (unpaired) electrons. The van der Waals surface area contributed by atoms with E-state index in [1.807, 2.05) is 0 Å². The summed E-state index contributed by atoms with van der Waals surface area (Å²) in [4.78, 5) is 0. The molecule has 0 nitrogen and oxygen atoms in total. The predicted octanol–water partition coefficient (Wildman–Crippen LogP) is 5.33. The highest BCUT2D eigenvalue weighted by molar-refractivity contribution is 7.95. The van der Waals surface area contributed by atoms with Gasteiger partial charge in [-0.05, 0) is 42.0 Å². The third-order valence-corrected chi connectivity index (χ3v) is 9.23. The van der Waals surface area contributed by atoms with Crippen LogP contribution in [0.15, 0.2) is 121 Å². The molecule has 0 saturated carbocycles. The molecule has 0 amide bonds. The van der Waals surface area contributed by atoms with Crippen LogP contribution in [0, 0.1) is 0 Å². The van der Waals surface area contributed by atoms with E-state index < -0.39 is 7.26 Å². The summed E-state index contributed by atoms with van der Waals surface area (Å²) in [5, 5.41) is 4.30. The SMILES string of the molecule is F.c1ccc(C[P+](c2ccccc2)(c2ccccc2)c2ccccc2)cc1. The van der Waals surface area contributed by atoms with E-state index in [0.29, 0.717) is 0 Å². The van der Waals surface area contributed by atoms with Crippen molar-refractivity contribution in [2.75, 3.05) is 0 Å². The largest absolute Gasteiger partial charge is 0.269 e. The van der Waals surface area contributed by atoms with E-state index in [2.05, 4.69) is 121 Å². The zero-order valence-electron chi connectivity index (χ0n) is 15.1. The minimum absolute atomic E-state index is 0. The maximum Gasteiger partial charge on any atom is 0.116 e. The minimum atomic E-state index is -1.78. The third-order valence-electron chi connectivity index (χ3n) is 4.85. The summed E-state index contributed by atoms with van der Waals surface area (Å²) in [7, 11) is -1.78. The molecule has 4 aromatic carbocycles. The van der Waals surface area contributed by atoms with Crippen molar-refractivity contribution in [3.63, 3.8) is 0 Å². The van der Waals surface area contributed by atoms with Gasteiger partial charge >= 0.3 is 0 Å². The molecule has 0 aromatic heterocycles. The molecule has 0 heterocycles. The lowest BCUT2D eigenvalue weighted by molar-refractivity contribution is 1.11. The molecule has 0 fully saturated rings. The quantitative estimate of drug-likeness (QED) is 0.415. The first-order chi connectivity index (χ1) is 12.9. The molecule has 2 heteroatoms. The zero-order chi connectivity index (χ0) is 17.7. The van der Waals surface area contributed by atoms with Gasteiger partial charge in [0.2, 0.25) is 0 Å². The van der Waals surface area contributed by atoms with Crippen molar-refractivity contribution < 1.29 is 4.70 Å². The Balaban J connectivity index is 0.00000210. The molecule has 0 N–H and O–H groups in total. The van der Waals surface area contributed by atoms with E-state index in [9.17, 15) is 0 Å². The molecule has 0 atom stereocenters. The van der Waals surface area contributed by atoms with Crippen LogP contribution in [0.3, 0.4) is 0 Å². The van der Waals surface area contributed by atoms with Crippen LogP contribution in [-0.4, -0.2) is 0 Å². The molecule has 0 aliphatic rings. The van der Waals surface area contributed by atoms with Crippen LogP contribution in [0.25, 0.3) is 0 Å². The van der Waals surface area contributed by atoms with E-state index in [4.69, 9.17) is 0 Å². The predicted molar refractivity (Wildman–Crippen MR) is 118 cm³/mol. The normalized spacial score (nSPS) is 10.8. The van der Waals surface area contributed by atoms with Crippen LogP contribution >= 0.6 is 7.26 Å². The van der Waals surface area contributed by atoms with Gasteiger partial charge in [-0.15, -0.1) is 0 Å². The first kappa shape index (κ1) is 19.0. The topological polar surface area (TPSA) is 0 Å². The Morgan fingerprint density at radius 2 is 0.704 bits per heavy atom. The van der Waals surface area contributed by atoms with Gasteiger partial charge in [-0.1, -0.05) is 84.9 Å². The summed E-state index contributed by atoms with van der Waals surface area (Å²) >= 11 is 0. The Kier molecular flexibility index (Phi) is 6.16. The van der Waals surface area contributed by atoms with Crippen molar-refractivity contribution in [2.24, 2.45) is 0 Å². The molecule has 4 aromatic rings. The van der Waals surface area contributed by atoms with Gasteiger partial charge < -0.3 is 0 Å². The van der Waals surface area contributed by atoms with Crippen LogP contribution in [0.2, 0.25) is 0 Å². The average Bonchev–Trinajstić information content (AvgIpc) is 2.75. The van der Waals surface area contributed by atoms with Crippen molar-refractivity contribution in [3.8, 4) is 0 Å². The lowest BCUT2D eigenvalue weighted by Crippen LogP contribution is -2.32. The van der Waals surface area contributed by atoms with Crippen LogP contribution in [0.5, 0.6) is 0 Å². The van der Waals surface area contributed by atoms with Crippen LogP contribution in [-0.2, 0) is 6.16 Å². The monoisotopic (exact) mass is 373 g/mol. The zero-order valence-corrected chi connectivity index (χ0v) is 16.0. The second-order valence-electron chi connectivity index (χ2n) is 6.46. The fourth-order valence-corrected chi connectivity index (χ4v) is 7.87. The molecule has 0 spiro atoms. The second kappa shape index (κ2) is 8.75. The Labute approximate surface area is 161 Å². The highest BCUT2D eigenvalue weighted by Crippen LogP contribution is 2.58. The highest BCUT2D eigenvalue weighted by atomic mass is 31.2. The molecular weight excluding hydrogens is 350 g/mol. The van der Waals surface area contributed by atoms with Gasteiger partial charge in [-0.25, -0.2) is 0 Å². The van der Waals surface area contributed by atoms with Crippen molar-refractivity contribution in [2.45, 2.75) is 6.16 Å². The van der Waals surface area contributed by atoms with Gasteiger partial charge in [0.05, 0.1) is 6.16 Å². The maximum absolute atomic E-state index is 2.30. The Morgan fingerprint density at radius 1 is 0.407 bits per heavy atom. The average molecular weight is 373 g/mol. The Morgan fingerprint density at radius 3 is 1.04 bits per heavy atom. The molecular formula is C25H23FP+. The van der Waals surface area contributed by atoms with Gasteiger partial charge in [-0.2, -0.15) is 0 Å². The van der Waals surface area contributed by atoms with E-state index in [1.54, 1.807) is 0 Å². The fourth-order valence-electron chi connectivity index (χ4n) is 3.63. The van der Waals surface area contributed by atoms with Crippen LogP contribution < -0.4 is 15.9 Å². The van der Waals surface area contributed by atoms with Crippen molar-refractivity contribution in [3.05, 3.63) is 127 Å². The van der Waals surface area contributed by atoms with Crippen LogP contribution in [0.4, 0.5) is 4.70 Å².